The van der Waals surface area contributed by atoms with E-state index in [0.29, 0.717) is 6.54 Å². The Kier molecular flexibility index (Phi) is 4.39. The first-order valence-electron chi connectivity index (χ1n) is 7.93. The van der Waals surface area contributed by atoms with Gasteiger partial charge in [-0.3, -0.25) is 14.8 Å². The van der Waals surface area contributed by atoms with Gasteiger partial charge >= 0.3 is 0 Å². The Bertz CT molecular complexity index is 651. The van der Waals surface area contributed by atoms with E-state index in [1.54, 1.807) is 31.3 Å². The first kappa shape index (κ1) is 18.3. The van der Waals surface area contributed by atoms with Crippen LogP contribution in [0, 0.1) is 5.41 Å². The predicted octanol–water partition coefficient (Wildman–Crippen LogP) is 2.11. The molecule has 0 radical (unpaired) electrons. The molecule has 1 saturated heterocycles. The van der Waals surface area contributed by atoms with Crippen molar-refractivity contribution < 1.29 is 19.5 Å². The summed E-state index contributed by atoms with van der Waals surface area (Å²) in [6.07, 6.45) is 0. The molecule has 2 N–H and O–H groups in total. The molecule has 0 saturated carbocycles. The van der Waals surface area contributed by atoms with Crippen LogP contribution in [-0.2, 0) is 15.0 Å². The van der Waals surface area contributed by atoms with Gasteiger partial charge in [0.1, 0.15) is 5.75 Å². The van der Waals surface area contributed by atoms with E-state index in [0.717, 1.165) is 11.3 Å². The molecule has 1 unspecified atom stereocenters. The molecule has 2 amide bonds. The van der Waals surface area contributed by atoms with Crippen molar-refractivity contribution in [3.63, 3.8) is 0 Å². The van der Waals surface area contributed by atoms with Gasteiger partial charge in [-0.25, -0.2) is 5.48 Å². The van der Waals surface area contributed by atoms with Crippen molar-refractivity contribution >= 4 is 11.8 Å². The van der Waals surface area contributed by atoms with Crippen molar-refractivity contribution in [1.29, 1.82) is 0 Å². The summed E-state index contributed by atoms with van der Waals surface area (Å²) in [7, 11) is 1.60. The monoisotopic (exact) mass is 334 g/mol. The Morgan fingerprint density at radius 2 is 1.79 bits per heavy atom. The molecule has 1 aromatic rings. The maximum atomic E-state index is 12.9. The van der Waals surface area contributed by atoms with Crippen LogP contribution in [0.5, 0.6) is 5.75 Å². The lowest BCUT2D eigenvalue weighted by molar-refractivity contribution is -0.171. The number of ether oxygens (including phenoxy) is 1. The van der Waals surface area contributed by atoms with Crippen molar-refractivity contribution in [2.24, 2.45) is 5.41 Å². The van der Waals surface area contributed by atoms with Crippen molar-refractivity contribution in [2.45, 2.75) is 45.6 Å². The second-order valence-electron chi connectivity index (χ2n) is 7.58. The summed E-state index contributed by atoms with van der Waals surface area (Å²) in [6, 6.07) is 7.47. The van der Waals surface area contributed by atoms with Gasteiger partial charge in [0, 0.05) is 6.54 Å². The molecule has 0 bridgehead atoms. The highest BCUT2D eigenvalue weighted by Crippen LogP contribution is 2.46. The zero-order chi connectivity index (χ0) is 18.3. The molecule has 0 aliphatic carbocycles. The lowest BCUT2D eigenvalue weighted by Crippen LogP contribution is -2.73. The predicted molar refractivity (Wildman–Crippen MR) is 89.8 cm³/mol. The van der Waals surface area contributed by atoms with Gasteiger partial charge in [0.25, 0.3) is 5.91 Å². The highest BCUT2D eigenvalue weighted by Gasteiger charge is 2.59. The fraction of sp³-hybridized carbons (Fsp3) is 0.556. The molecule has 1 aromatic carbocycles. The van der Waals surface area contributed by atoms with Crippen LogP contribution in [0.3, 0.4) is 0 Å². The maximum Gasteiger partial charge on any atom is 0.251 e. The van der Waals surface area contributed by atoms with E-state index in [9.17, 15) is 9.59 Å². The van der Waals surface area contributed by atoms with Crippen molar-refractivity contribution in [1.82, 2.24) is 10.4 Å². The summed E-state index contributed by atoms with van der Waals surface area (Å²) >= 11 is 0. The van der Waals surface area contributed by atoms with Gasteiger partial charge in [-0.1, -0.05) is 12.1 Å². The fourth-order valence-electron chi connectivity index (χ4n) is 3.04. The van der Waals surface area contributed by atoms with E-state index in [1.807, 2.05) is 45.0 Å². The van der Waals surface area contributed by atoms with Gasteiger partial charge in [0.2, 0.25) is 5.91 Å². The molecular weight excluding hydrogens is 308 g/mol. The number of carbonyl (C=O) groups excluding carboxylic acids is 2. The fourth-order valence-corrected chi connectivity index (χ4v) is 3.04. The largest absolute Gasteiger partial charge is 0.497 e. The van der Waals surface area contributed by atoms with E-state index in [4.69, 9.17) is 9.94 Å². The highest BCUT2D eigenvalue weighted by molar-refractivity contribution is 5.95. The molecule has 6 nitrogen and oxygen atoms in total. The first-order chi connectivity index (χ1) is 11.0. The van der Waals surface area contributed by atoms with Crippen molar-refractivity contribution in [3.8, 4) is 5.75 Å². The van der Waals surface area contributed by atoms with E-state index >= 15 is 0 Å². The SMILES string of the molecule is COc1ccc(C2(C)CN(C(C)(C)C(C)(C)C(=O)NO)C2=O)cc1. The lowest BCUT2D eigenvalue weighted by atomic mass is 9.66. The van der Waals surface area contributed by atoms with Crippen LogP contribution in [0.25, 0.3) is 0 Å². The smallest absolute Gasteiger partial charge is 0.251 e. The Morgan fingerprint density at radius 3 is 2.21 bits per heavy atom. The molecule has 2 rings (SSSR count). The van der Waals surface area contributed by atoms with E-state index in [2.05, 4.69) is 0 Å². The maximum absolute atomic E-state index is 12.9. The number of amides is 2. The zero-order valence-corrected chi connectivity index (χ0v) is 15.1. The van der Waals surface area contributed by atoms with Crippen LogP contribution in [-0.4, -0.2) is 41.1 Å². The average Bonchev–Trinajstić information content (AvgIpc) is 2.57. The minimum atomic E-state index is -0.946. The molecule has 0 aromatic heterocycles. The Morgan fingerprint density at radius 1 is 1.25 bits per heavy atom. The second kappa shape index (κ2) is 5.77. The number of methoxy groups -OCH3 is 1. The molecule has 132 valence electrons. The van der Waals surface area contributed by atoms with E-state index in [-0.39, 0.29) is 5.91 Å². The number of hydrogen-bond donors (Lipinski definition) is 2. The van der Waals surface area contributed by atoms with E-state index < -0.39 is 22.3 Å². The summed E-state index contributed by atoms with van der Waals surface area (Å²) in [5.41, 5.74) is 0.316. The first-order valence-corrected chi connectivity index (χ1v) is 7.93. The van der Waals surface area contributed by atoms with Gasteiger partial charge in [-0.05, 0) is 52.3 Å². The number of hydrogen-bond acceptors (Lipinski definition) is 4. The van der Waals surface area contributed by atoms with Crippen LogP contribution in [0.4, 0.5) is 0 Å². The van der Waals surface area contributed by atoms with Crippen LogP contribution >= 0.6 is 0 Å². The number of carbonyl (C=O) groups is 2. The van der Waals surface area contributed by atoms with Crippen LogP contribution in [0.1, 0.15) is 40.2 Å². The van der Waals surface area contributed by atoms with Crippen molar-refractivity contribution in [3.05, 3.63) is 29.8 Å². The highest BCUT2D eigenvalue weighted by atomic mass is 16.5. The third-order valence-electron chi connectivity index (χ3n) is 5.79. The second-order valence-corrected chi connectivity index (χ2v) is 7.58. The number of benzene rings is 1. The van der Waals surface area contributed by atoms with Crippen LogP contribution in [0.15, 0.2) is 24.3 Å². The quantitative estimate of drug-likeness (QED) is 0.491. The van der Waals surface area contributed by atoms with Crippen molar-refractivity contribution in [2.75, 3.05) is 13.7 Å². The Balaban J connectivity index is 2.26. The summed E-state index contributed by atoms with van der Waals surface area (Å²) in [6.45, 7) is 9.53. The summed E-state index contributed by atoms with van der Waals surface area (Å²) < 4.78 is 5.16. The number of nitrogens with zero attached hydrogens (tertiary/aromatic N) is 1. The van der Waals surface area contributed by atoms with Gasteiger partial charge in [0.05, 0.1) is 23.5 Å². The van der Waals surface area contributed by atoms with Gasteiger partial charge in [-0.2, -0.15) is 0 Å². The zero-order valence-electron chi connectivity index (χ0n) is 15.1. The molecule has 1 heterocycles. The summed E-state index contributed by atoms with van der Waals surface area (Å²) in [4.78, 5) is 26.7. The molecular formula is C18H26N2O4. The molecule has 0 spiro atoms. The minimum Gasteiger partial charge on any atom is -0.497 e. The number of β-lactam (4-membered cyclic amide) rings is 1. The lowest BCUT2D eigenvalue weighted by Gasteiger charge is -2.58. The topological polar surface area (TPSA) is 78.9 Å². The van der Waals surface area contributed by atoms with Gasteiger partial charge < -0.3 is 9.64 Å². The molecule has 6 heteroatoms. The third kappa shape index (κ3) is 2.45. The van der Waals surface area contributed by atoms with Crippen LogP contribution in [0.2, 0.25) is 0 Å². The van der Waals surface area contributed by atoms with E-state index in [1.165, 1.54) is 0 Å². The Hall–Kier alpha value is -2.08. The average molecular weight is 334 g/mol. The molecule has 1 atom stereocenters. The number of nitrogens with one attached hydrogen (secondary N) is 1. The summed E-state index contributed by atoms with van der Waals surface area (Å²) in [5.74, 6) is 0.196. The normalized spacial score (nSPS) is 21.3. The molecule has 24 heavy (non-hydrogen) atoms. The Labute approximate surface area is 142 Å². The molecule has 1 aliphatic heterocycles. The standard InChI is InChI=1S/C18H26N2O4/c1-16(2,14(21)19-23)17(3,4)20-11-18(5,15(20)22)12-7-9-13(24-6)10-8-12/h7-10,23H,11H2,1-6H3,(H,19,21). The third-order valence-corrected chi connectivity index (χ3v) is 5.79. The number of likely N-dealkylation sites (tertiary alicyclic amines) is 1. The molecule has 1 aliphatic rings. The number of rotatable bonds is 5. The number of hydroxylamine groups is 1. The summed E-state index contributed by atoms with van der Waals surface area (Å²) in [5, 5.41) is 8.99. The van der Waals surface area contributed by atoms with Gasteiger partial charge in [-0.15, -0.1) is 0 Å². The molecule has 1 fully saturated rings. The minimum absolute atomic E-state index is 0.0310. The van der Waals surface area contributed by atoms with Crippen LogP contribution < -0.4 is 10.2 Å². The van der Waals surface area contributed by atoms with Gasteiger partial charge in [0.15, 0.2) is 0 Å².